The van der Waals surface area contributed by atoms with Crippen LogP contribution >= 0.6 is 11.6 Å². The normalized spacial score (nSPS) is 10.2. The maximum Gasteiger partial charge on any atom is 0.221 e. The van der Waals surface area contributed by atoms with E-state index in [1.54, 1.807) is 18.2 Å². The summed E-state index contributed by atoms with van der Waals surface area (Å²) in [6.07, 6.45) is 1.15. The molecular weight excluding hydrogens is 276 g/mol. The number of carbonyl (C=O) groups is 1. The summed E-state index contributed by atoms with van der Waals surface area (Å²) in [6.45, 7) is 2.30. The topological polar surface area (TPSA) is 71.6 Å². The van der Waals surface area contributed by atoms with Gasteiger partial charge < -0.3 is 0 Å². The van der Waals surface area contributed by atoms with E-state index >= 15 is 0 Å². The van der Waals surface area contributed by atoms with E-state index in [-0.39, 0.29) is 16.9 Å². The van der Waals surface area contributed by atoms with Crippen molar-refractivity contribution in [3.8, 4) is 6.07 Å². The number of carbonyl (C=O) groups excluding carboxylic acids is 1. The Kier molecular flexibility index (Phi) is 4.49. The fourth-order valence-corrected chi connectivity index (χ4v) is 1.97. The van der Waals surface area contributed by atoms with Crippen LogP contribution in [0.4, 0.5) is 0 Å². The number of halogens is 1. The number of nitrogens with zero attached hydrogens (tertiary/aromatic N) is 4. The molecule has 0 saturated heterocycles. The molecule has 2 rings (SSSR count). The van der Waals surface area contributed by atoms with E-state index in [2.05, 4.69) is 16.2 Å². The van der Waals surface area contributed by atoms with Crippen LogP contribution in [0.3, 0.4) is 0 Å². The summed E-state index contributed by atoms with van der Waals surface area (Å²) in [6, 6.07) is 9.22. The van der Waals surface area contributed by atoms with Crippen LogP contribution in [0.2, 0.25) is 5.28 Å². The predicted molar refractivity (Wildman–Crippen MR) is 74.5 cm³/mol. The van der Waals surface area contributed by atoms with Gasteiger partial charge in [0, 0.05) is 6.42 Å². The second-order valence-electron chi connectivity index (χ2n) is 4.35. The minimum atomic E-state index is -0.112. The van der Waals surface area contributed by atoms with Crippen molar-refractivity contribution in [2.75, 3.05) is 0 Å². The molecule has 6 heteroatoms. The molecule has 102 valence electrons. The van der Waals surface area contributed by atoms with Gasteiger partial charge in [-0.3, -0.25) is 4.79 Å². The van der Waals surface area contributed by atoms with Gasteiger partial charge in [-0.05, 0) is 35.7 Å². The molecule has 1 aromatic carbocycles. The number of Topliss-reactive ketones (excluding diaryl/α,β-unsaturated/α-hetero) is 1. The number of ketones is 1. The summed E-state index contributed by atoms with van der Waals surface area (Å²) in [5.41, 5.74) is 1.45. The number of benzene rings is 1. The van der Waals surface area contributed by atoms with Crippen molar-refractivity contribution < 1.29 is 4.79 Å². The third-order valence-electron chi connectivity index (χ3n) is 2.74. The second kappa shape index (κ2) is 6.31. The van der Waals surface area contributed by atoms with Crippen molar-refractivity contribution in [1.29, 1.82) is 5.26 Å². The zero-order valence-electron chi connectivity index (χ0n) is 11.0. The van der Waals surface area contributed by atoms with Crippen LogP contribution in [0.1, 0.15) is 41.5 Å². The highest BCUT2D eigenvalue weighted by atomic mass is 35.5. The molecule has 0 radical (unpaired) electrons. The molecule has 0 atom stereocenters. The quantitative estimate of drug-likeness (QED) is 0.793. The van der Waals surface area contributed by atoms with Crippen LogP contribution in [0.5, 0.6) is 0 Å². The Hall–Kier alpha value is -2.19. The zero-order valence-corrected chi connectivity index (χ0v) is 11.8. The molecule has 0 aliphatic rings. The average Bonchev–Trinajstić information content (AvgIpc) is 2.81. The monoisotopic (exact) mass is 288 g/mol. The number of hydrogen-bond donors (Lipinski definition) is 0. The molecule has 0 amide bonds. The second-order valence-corrected chi connectivity index (χ2v) is 4.69. The summed E-state index contributed by atoms with van der Waals surface area (Å²) in [7, 11) is 0. The van der Waals surface area contributed by atoms with Crippen LogP contribution in [0, 0.1) is 11.3 Å². The molecule has 20 heavy (non-hydrogen) atoms. The van der Waals surface area contributed by atoms with Gasteiger partial charge in [-0.2, -0.15) is 10.2 Å². The third-order valence-corrected chi connectivity index (χ3v) is 3.02. The van der Waals surface area contributed by atoms with Gasteiger partial charge in [0.05, 0.1) is 18.2 Å². The summed E-state index contributed by atoms with van der Waals surface area (Å²) in [5.74, 6) is 0.0345. The SMILES string of the molecule is CCCC(=O)c1nc(Cl)n(Cc2cccc(C#N)c2)n1. The van der Waals surface area contributed by atoms with Gasteiger partial charge in [-0.1, -0.05) is 19.1 Å². The molecule has 0 fully saturated rings. The Morgan fingerprint density at radius 2 is 2.30 bits per heavy atom. The fraction of sp³-hybridized carbons (Fsp3) is 0.286. The van der Waals surface area contributed by atoms with Gasteiger partial charge in [0.2, 0.25) is 16.9 Å². The Labute approximate surface area is 121 Å². The molecule has 0 aliphatic carbocycles. The van der Waals surface area contributed by atoms with Crippen LogP contribution in [0.25, 0.3) is 0 Å². The first-order valence-corrected chi connectivity index (χ1v) is 6.64. The summed E-state index contributed by atoms with van der Waals surface area (Å²) in [5, 5.41) is 13.2. The van der Waals surface area contributed by atoms with Crippen molar-refractivity contribution >= 4 is 17.4 Å². The van der Waals surface area contributed by atoms with Gasteiger partial charge in [0.15, 0.2) is 0 Å². The Morgan fingerprint density at radius 3 is 3.00 bits per heavy atom. The van der Waals surface area contributed by atoms with E-state index in [0.29, 0.717) is 18.5 Å². The molecule has 1 heterocycles. The number of aromatic nitrogens is 3. The molecule has 0 aliphatic heterocycles. The lowest BCUT2D eigenvalue weighted by molar-refractivity contribution is 0.0971. The minimum absolute atomic E-state index is 0.112. The van der Waals surface area contributed by atoms with Crippen LogP contribution in [-0.2, 0) is 6.54 Å². The van der Waals surface area contributed by atoms with Crippen molar-refractivity contribution in [2.45, 2.75) is 26.3 Å². The molecule has 0 bridgehead atoms. The average molecular weight is 289 g/mol. The Balaban J connectivity index is 2.21. The zero-order chi connectivity index (χ0) is 14.5. The smallest absolute Gasteiger partial charge is 0.221 e. The van der Waals surface area contributed by atoms with Gasteiger partial charge >= 0.3 is 0 Å². The van der Waals surface area contributed by atoms with Crippen molar-refractivity contribution in [3.63, 3.8) is 0 Å². The Bertz CT molecular complexity index is 672. The maximum absolute atomic E-state index is 11.7. The first-order valence-electron chi connectivity index (χ1n) is 6.26. The van der Waals surface area contributed by atoms with Gasteiger partial charge in [0.1, 0.15) is 0 Å². The van der Waals surface area contributed by atoms with Crippen LogP contribution < -0.4 is 0 Å². The largest absolute Gasteiger partial charge is 0.291 e. The molecular formula is C14H13ClN4O. The third kappa shape index (κ3) is 3.22. The molecule has 0 N–H and O–H groups in total. The van der Waals surface area contributed by atoms with Gasteiger partial charge in [-0.25, -0.2) is 4.68 Å². The van der Waals surface area contributed by atoms with E-state index in [4.69, 9.17) is 16.9 Å². The van der Waals surface area contributed by atoms with Crippen molar-refractivity contribution in [3.05, 3.63) is 46.5 Å². The van der Waals surface area contributed by atoms with Gasteiger partial charge in [-0.15, -0.1) is 5.10 Å². The Morgan fingerprint density at radius 1 is 1.50 bits per heavy atom. The maximum atomic E-state index is 11.7. The summed E-state index contributed by atoms with van der Waals surface area (Å²) < 4.78 is 1.46. The molecule has 2 aromatic rings. The van der Waals surface area contributed by atoms with E-state index in [0.717, 1.165) is 12.0 Å². The lowest BCUT2D eigenvalue weighted by atomic mass is 10.1. The molecule has 5 nitrogen and oxygen atoms in total. The summed E-state index contributed by atoms with van der Waals surface area (Å²) >= 11 is 5.98. The highest BCUT2D eigenvalue weighted by molar-refractivity contribution is 6.28. The first kappa shape index (κ1) is 14.2. The van der Waals surface area contributed by atoms with E-state index in [1.807, 2.05) is 13.0 Å². The molecule has 0 saturated carbocycles. The highest BCUT2D eigenvalue weighted by Gasteiger charge is 2.14. The number of rotatable bonds is 5. The number of hydrogen-bond acceptors (Lipinski definition) is 4. The van der Waals surface area contributed by atoms with Crippen molar-refractivity contribution in [1.82, 2.24) is 14.8 Å². The number of nitriles is 1. The van der Waals surface area contributed by atoms with E-state index < -0.39 is 0 Å². The fourth-order valence-electron chi connectivity index (χ4n) is 1.79. The first-order chi connectivity index (χ1) is 9.63. The predicted octanol–water partition coefficient (Wildman–Crippen LogP) is 2.83. The molecule has 1 aromatic heterocycles. The minimum Gasteiger partial charge on any atom is -0.291 e. The lowest BCUT2D eigenvalue weighted by Gasteiger charge is -2.02. The van der Waals surface area contributed by atoms with Crippen LogP contribution in [0.15, 0.2) is 24.3 Å². The van der Waals surface area contributed by atoms with Crippen molar-refractivity contribution in [2.24, 2.45) is 0 Å². The van der Waals surface area contributed by atoms with E-state index in [1.165, 1.54) is 4.68 Å². The molecule has 0 spiro atoms. The lowest BCUT2D eigenvalue weighted by Crippen LogP contribution is -2.05. The van der Waals surface area contributed by atoms with Crippen LogP contribution in [-0.4, -0.2) is 20.5 Å². The summed E-state index contributed by atoms with van der Waals surface area (Å²) in [4.78, 5) is 15.7. The molecule has 0 unspecified atom stereocenters. The standard InChI is InChI=1S/C14H13ClN4O/c1-2-4-12(20)13-17-14(15)19(18-13)9-11-6-3-5-10(7-11)8-16/h3,5-7H,2,4,9H2,1H3. The highest BCUT2D eigenvalue weighted by Crippen LogP contribution is 2.12. The van der Waals surface area contributed by atoms with E-state index in [9.17, 15) is 4.79 Å². The van der Waals surface area contributed by atoms with Gasteiger partial charge in [0.25, 0.3) is 0 Å².